The predicted molar refractivity (Wildman–Crippen MR) is 107 cm³/mol. The minimum Gasteiger partial charge on any atom is -0.495 e. The average molecular weight is 353 g/mol. The van der Waals surface area contributed by atoms with E-state index in [4.69, 9.17) is 4.74 Å². The Morgan fingerprint density at radius 2 is 1.77 bits per heavy atom. The summed E-state index contributed by atoms with van der Waals surface area (Å²) in [6.45, 7) is 2.30. The molecule has 2 aromatic carbocycles. The second kappa shape index (κ2) is 10.9. The zero-order valence-corrected chi connectivity index (χ0v) is 15.5. The number of ether oxygens (including phenoxy) is 1. The quantitative estimate of drug-likeness (QED) is 0.382. The van der Waals surface area contributed by atoms with Gasteiger partial charge in [-0.1, -0.05) is 62.2 Å². The van der Waals surface area contributed by atoms with E-state index in [0.717, 1.165) is 42.6 Å². The summed E-state index contributed by atoms with van der Waals surface area (Å²) in [6, 6.07) is 17.5. The third-order valence-corrected chi connectivity index (χ3v) is 3.99. The molecule has 2 N–H and O–H groups in total. The van der Waals surface area contributed by atoms with Crippen molar-refractivity contribution in [3.63, 3.8) is 0 Å². The van der Waals surface area contributed by atoms with Crippen LogP contribution in [0.1, 0.15) is 38.2 Å². The topological polar surface area (TPSA) is 62.7 Å². The number of nitrogens with one attached hydrogen (secondary N) is 2. The predicted octanol–water partition coefficient (Wildman–Crippen LogP) is 4.21. The van der Waals surface area contributed by atoms with Gasteiger partial charge in [0.2, 0.25) is 0 Å². The number of carbonyl (C=O) groups excluding carboxylic acids is 1. The van der Waals surface area contributed by atoms with E-state index in [1.54, 1.807) is 7.11 Å². The highest BCUT2D eigenvalue weighted by Gasteiger charge is 2.07. The summed E-state index contributed by atoms with van der Waals surface area (Å²) in [7, 11) is 1.60. The summed E-state index contributed by atoms with van der Waals surface area (Å²) in [6.07, 6.45) is 4.20. The maximum Gasteiger partial charge on any atom is 0.259 e. The van der Waals surface area contributed by atoms with Crippen LogP contribution in [-0.4, -0.2) is 25.3 Å². The van der Waals surface area contributed by atoms with E-state index in [0.29, 0.717) is 5.75 Å². The number of unbranched alkanes of at least 4 members (excludes halogenated alkanes) is 2. The maximum atomic E-state index is 12.2. The van der Waals surface area contributed by atoms with Crippen LogP contribution in [0, 0.1) is 0 Å². The summed E-state index contributed by atoms with van der Waals surface area (Å²) in [5.74, 6) is 0.508. The second-order valence-electron chi connectivity index (χ2n) is 5.97. The summed E-state index contributed by atoms with van der Waals surface area (Å²) in [5, 5.41) is 7.44. The van der Waals surface area contributed by atoms with E-state index >= 15 is 0 Å². The third kappa shape index (κ3) is 6.24. The molecule has 5 nitrogen and oxygen atoms in total. The highest BCUT2D eigenvalue weighted by molar-refractivity contribution is 6.01. The summed E-state index contributed by atoms with van der Waals surface area (Å²) in [5.41, 5.74) is 5.39. The fourth-order valence-corrected chi connectivity index (χ4v) is 2.57. The molecule has 1 amide bonds. The first-order chi connectivity index (χ1) is 12.7. The number of nitrogens with zero attached hydrogens (tertiary/aromatic N) is 1. The lowest BCUT2D eigenvalue weighted by molar-refractivity contribution is -0.119. The van der Waals surface area contributed by atoms with E-state index in [1.165, 1.54) is 0 Å². The van der Waals surface area contributed by atoms with Gasteiger partial charge in [-0.3, -0.25) is 4.79 Å². The van der Waals surface area contributed by atoms with Gasteiger partial charge in [-0.2, -0.15) is 5.10 Å². The maximum absolute atomic E-state index is 12.2. The van der Waals surface area contributed by atoms with Crippen LogP contribution in [0.25, 0.3) is 0 Å². The van der Waals surface area contributed by atoms with Crippen molar-refractivity contribution in [2.75, 3.05) is 19.0 Å². The van der Waals surface area contributed by atoms with Crippen LogP contribution in [0.5, 0.6) is 5.75 Å². The molecule has 0 aliphatic carbocycles. The first-order valence-corrected chi connectivity index (χ1v) is 9.02. The summed E-state index contributed by atoms with van der Waals surface area (Å²) >= 11 is 0. The molecule has 0 aliphatic heterocycles. The fourth-order valence-electron chi connectivity index (χ4n) is 2.57. The first-order valence-electron chi connectivity index (χ1n) is 9.02. The van der Waals surface area contributed by atoms with Gasteiger partial charge in [0.25, 0.3) is 5.91 Å². The van der Waals surface area contributed by atoms with Gasteiger partial charge >= 0.3 is 0 Å². The van der Waals surface area contributed by atoms with Crippen molar-refractivity contribution in [1.29, 1.82) is 0 Å². The second-order valence-corrected chi connectivity index (χ2v) is 5.97. The number of benzene rings is 2. The average Bonchev–Trinajstić information content (AvgIpc) is 2.69. The van der Waals surface area contributed by atoms with Gasteiger partial charge in [-0.05, 0) is 30.5 Å². The highest BCUT2D eigenvalue weighted by atomic mass is 16.5. The molecule has 2 aromatic rings. The molecule has 0 aromatic heterocycles. The Labute approximate surface area is 155 Å². The van der Waals surface area contributed by atoms with Crippen LogP contribution in [-0.2, 0) is 4.79 Å². The number of amides is 1. The molecule has 0 bridgehead atoms. The van der Waals surface area contributed by atoms with Gasteiger partial charge in [-0.25, -0.2) is 5.43 Å². The lowest BCUT2D eigenvalue weighted by Crippen LogP contribution is -2.27. The van der Waals surface area contributed by atoms with Crippen LogP contribution in [0.4, 0.5) is 5.69 Å². The smallest absolute Gasteiger partial charge is 0.259 e. The monoisotopic (exact) mass is 353 g/mol. The first kappa shape index (κ1) is 19.5. The number of hydrogen-bond acceptors (Lipinski definition) is 4. The molecule has 0 spiro atoms. The lowest BCUT2D eigenvalue weighted by Gasteiger charge is -2.11. The fraction of sp³-hybridized carbons (Fsp3) is 0.333. The van der Waals surface area contributed by atoms with Crippen LogP contribution in [0.3, 0.4) is 0 Å². The van der Waals surface area contributed by atoms with Crippen molar-refractivity contribution in [3.8, 4) is 5.75 Å². The zero-order valence-electron chi connectivity index (χ0n) is 15.5. The van der Waals surface area contributed by atoms with Gasteiger partial charge in [0.05, 0.1) is 25.1 Å². The number of hydrazone groups is 1. The van der Waals surface area contributed by atoms with E-state index < -0.39 is 0 Å². The van der Waals surface area contributed by atoms with Crippen LogP contribution in [0.2, 0.25) is 0 Å². The van der Waals surface area contributed by atoms with Crippen LogP contribution in [0.15, 0.2) is 59.7 Å². The van der Waals surface area contributed by atoms with Crippen LogP contribution < -0.4 is 15.5 Å². The highest BCUT2D eigenvalue weighted by Crippen LogP contribution is 2.22. The summed E-state index contributed by atoms with van der Waals surface area (Å²) < 4.78 is 5.27. The molecule has 26 heavy (non-hydrogen) atoms. The Balaban J connectivity index is 1.95. The molecule has 0 saturated carbocycles. The Hall–Kier alpha value is -2.82. The van der Waals surface area contributed by atoms with Crippen molar-refractivity contribution in [1.82, 2.24) is 5.43 Å². The number of para-hydroxylation sites is 2. The Bertz CT molecular complexity index is 714. The van der Waals surface area contributed by atoms with Gasteiger partial charge in [0, 0.05) is 0 Å². The number of methoxy groups -OCH3 is 1. The number of rotatable bonds is 10. The van der Waals surface area contributed by atoms with E-state index in [2.05, 4.69) is 22.8 Å². The molecule has 0 fully saturated rings. The molecule has 5 heteroatoms. The molecule has 138 valence electrons. The SMILES string of the molecule is CCCCCC(=NNC(=O)CNc1ccccc1OC)c1ccccc1. The van der Waals surface area contributed by atoms with Gasteiger partial charge < -0.3 is 10.1 Å². The minimum absolute atomic E-state index is 0.126. The minimum atomic E-state index is -0.195. The van der Waals surface area contributed by atoms with Crippen molar-refractivity contribution in [2.24, 2.45) is 5.10 Å². The normalized spacial score (nSPS) is 11.1. The molecule has 0 radical (unpaired) electrons. The molecule has 0 aliphatic rings. The molecule has 0 atom stereocenters. The molecule has 0 heterocycles. The van der Waals surface area contributed by atoms with Crippen molar-refractivity contribution < 1.29 is 9.53 Å². The standard InChI is InChI=1S/C21H27N3O2/c1-3-4-6-13-18(17-11-7-5-8-12-17)23-24-21(25)16-22-19-14-9-10-15-20(19)26-2/h5,7-12,14-15,22H,3-4,6,13,16H2,1-2H3,(H,24,25). The van der Waals surface area contributed by atoms with Crippen molar-refractivity contribution >= 4 is 17.3 Å². The third-order valence-electron chi connectivity index (χ3n) is 3.99. The lowest BCUT2D eigenvalue weighted by atomic mass is 10.0. The molecular formula is C21H27N3O2. The van der Waals surface area contributed by atoms with E-state index in [-0.39, 0.29) is 12.5 Å². The zero-order chi connectivity index (χ0) is 18.6. The van der Waals surface area contributed by atoms with Gasteiger partial charge in [0.15, 0.2) is 0 Å². The number of anilines is 1. The Morgan fingerprint density at radius 1 is 1.04 bits per heavy atom. The Morgan fingerprint density at radius 3 is 2.50 bits per heavy atom. The summed E-state index contributed by atoms with van der Waals surface area (Å²) in [4.78, 5) is 12.2. The van der Waals surface area contributed by atoms with Crippen LogP contribution >= 0.6 is 0 Å². The van der Waals surface area contributed by atoms with Gasteiger partial charge in [0.1, 0.15) is 5.75 Å². The molecule has 0 unspecified atom stereocenters. The number of carbonyl (C=O) groups is 1. The molecule has 2 rings (SSSR count). The Kier molecular flexibility index (Phi) is 8.19. The number of hydrogen-bond donors (Lipinski definition) is 2. The molecular weight excluding hydrogens is 326 g/mol. The van der Waals surface area contributed by atoms with Crippen molar-refractivity contribution in [2.45, 2.75) is 32.6 Å². The molecule has 0 saturated heterocycles. The van der Waals surface area contributed by atoms with E-state index in [1.807, 2.05) is 54.6 Å². The van der Waals surface area contributed by atoms with Crippen molar-refractivity contribution in [3.05, 3.63) is 60.2 Å². The van der Waals surface area contributed by atoms with Gasteiger partial charge in [-0.15, -0.1) is 0 Å². The van der Waals surface area contributed by atoms with E-state index in [9.17, 15) is 4.79 Å². The largest absolute Gasteiger partial charge is 0.495 e.